The number of alkyl halides is 3. The van der Waals surface area contributed by atoms with Crippen molar-refractivity contribution in [1.29, 1.82) is 0 Å². The Hall–Kier alpha value is -2.25. The number of carbonyl (C=O) groups is 2. The molecule has 0 saturated carbocycles. The van der Waals surface area contributed by atoms with Gasteiger partial charge in [0.2, 0.25) is 5.91 Å². The van der Waals surface area contributed by atoms with Gasteiger partial charge in [0.25, 0.3) is 0 Å². The van der Waals surface area contributed by atoms with E-state index in [0.29, 0.717) is 12.2 Å². The smallest absolute Gasteiger partial charge is 0.406 e. The summed E-state index contributed by atoms with van der Waals surface area (Å²) >= 11 is 0. The number of methoxy groups -OCH3 is 1. The second-order valence-electron chi connectivity index (χ2n) is 5.80. The van der Waals surface area contributed by atoms with Crippen molar-refractivity contribution < 1.29 is 32.6 Å². The van der Waals surface area contributed by atoms with Crippen LogP contribution in [0.1, 0.15) is 18.4 Å². The van der Waals surface area contributed by atoms with Crippen molar-refractivity contribution in [3.8, 4) is 5.75 Å². The standard InChI is InChI=1S/C16H18F3NO4/c1-24-12-5-2-11(3-6-12)4-7-13(21)20-9-8-15(10-20,14(22)23)16(17,18)19/h2-3,5-6H,4,7-10H2,1H3,(H,22,23). The van der Waals surface area contributed by atoms with Gasteiger partial charge in [0.1, 0.15) is 5.75 Å². The first-order valence-corrected chi connectivity index (χ1v) is 7.40. The maximum atomic E-state index is 13.1. The molecule has 0 spiro atoms. The van der Waals surface area contributed by atoms with Crippen molar-refractivity contribution in [3.63, 3.8) is 0 Å². The van der Waals surface area contributed by atoms with Crippen LogP contribution in [0.25, 0.3) is 0 Å². The molecule has 1 N–H and O–H groups in total. The number of hydrogen-bond donors (Lipinski definition) is 1. The third-order valence-electron chi connectivity index (χ3n) is 4.36. The fourth-order valence-corrected chi connectivity index (χ4v) is 2.75. The molecule has 1 saturated heterocycles. The molecule has 1 aliphatic heterocycles. The summed E-state index contributed by atoms with van der Waals surface area (Å²) in [5, 5.41) is 8.99. The van der Waals surface area contributed by atoms with Crippen LogP contribution in [0.3, 0.4) is 0 Å². The Kier molecular flexibility index (Phi) is 5.05. The van der Waals surface area contributed by atoms with Gasteiger partial charge in [-0.15, -0.1) is 0 Å². The van der Waals surface area contributed by atoms with E-state index in [4.69, 9.17) is 9.84 Å². The number of ether oxygens (including phenoxy) is 1. The average molecular weight is 345 g/mol. The van der Waals surface area contributed by atoms with Gasteiger partial charge in [0, 0.05) is 19.5 Å². The summed E-state index contributed by atoms with van der Waals surface area (Å²) in [6, 6.07) is 7.00. The number of carboxylic acid groups (broad SMARTS) is 1. The Labute approximate surface area is 137 Å². The Morgan fingerprint density at radius 3 is 2.38 bits per heavy atom. The van der Waals surface area contributed by atoms with E-state index in [9.17, 15) is 22.8 Å². The zero-order chi connectivity index (χ0) is 18.0. The summed E-state index contributed by atoms with van der Waals surface area (Å²) in [6.07, 6.45) is -5.10. The fraction of sp³-hybridized carbons (Fsp3) is 0.500. The molecule has 0 aliphatic carbocycles. The summed E-state index contributed by atoms with van der Waals surface area (Å²) < 4.78 is 44.3. The molecule has 0 radical (unpaired) electrons. The first-order chi connectivity index (χ1) is 11.2. The maximum absolute atomic E-state index is 13.1. The normalized spacial score (nSPS) is 20.9. The van der Waals surface area contributed by atoms with E-state index in [0.717, 1.165) is 10.5 Å². The molecule has 1 atom stereocenters. The summed E-state index contributed by atoms with van der Waals surface area (Å²) in [6.45, 7) is -1.03. The van der Waals surface area contributed by atoms with Crippen molar-refractivity contribution in [3.05, 3.63) is 29.8 Å². The molecule has 1 aromatic carbocycles. The van der Waals surface area contributed by atoms with Crippen LogP contribution in [0, 0.1) is 5.41 Å². The fourth-order valence-electron chi connectivity index (χ4n) is 2.75. The van der Waals surface area contributed by atoms with Gasteiger partial charge in [0.15, 0.2) is 5.41 Å². The van der Waals surface area contributed by atoms with Crippen molar-refractivity contribution in [1.82, 2.24) is 4.90 Å². The molecule has 132 valence electrons. The van der Waals surface area contributed by atoms with Gasteiger partial charge in [-0.25, -0.2) is 0 Å². The maximum Gasteiger partial charge on any atom is 0.406 e. The lowest BCUT2D eigenvalue weighted by atomic mass is 9.86. The molecule has 1 unspecified atom stereocenters. The van der Waals surface area contributed by atoms with Crippen LogP contribution >= 0.6 is 0 Å². The molecule has 1 amide bonds. The van der Waals surface area contributed by atoms with Gasteiger partial charge in [-0.2, -0.15) is 13.2 Å². The minimum Gasteiger partial charge on any atom is -0.497 e. The number of carbonyl (C=O) groups excluding carboxylic acids is 1. The van der Waals surface area contributed by atoms with Crippen molar-refractivity contribution in [2.24, 2.45) is 5.41 Å². The minimum absolute atomic E-state index is 0.0277. The molecule has 1 fully saturated rings. The number of hydrogen-bond acceptors (Lipinski definition) is 3. The van der Waals surface area contributed by atoms with Gasteiger partial charge in [0.05, 0.1) is 7.11 Å². The van der Waals surface area contributed by atoms with Gasteiger partial charge < -0.3 is 14.7 Å². The van der Waals surface area contributed by atoms with Crippen LogP contribution in [0.4, 0.5) is 13.2 Å². The number of likely N-dealkylation sites (tertiary alicyclic amines) is 1. The van der Waals surface area contributed by atoms with E-state index in [2.05, 4.69) is 0 Å². The van der Waals surface area contributed by atoms with Crippen LogP contribution in [0.15, 0.2) is 24.3 Å². The molecular weight excluding hydrogens is 327 g/mol. The van der Waals surface area contributed by atoms with E-state index in [1.54, 1.807) is 24.3 Å². The van der Waals surface area contributed by atoms with Crippen LogP contribution in [-0.4, -0.2) is 48.3 Å². The highest BCUT2D eigenvalue weighted by Gasteiger charge is 2.64. The second-order valence-corrected chi connectivity index (χ2v) is 5.80. The lowest BCUT2D eigenvalue weighted by Crippen LogP contribution is -2.47. The van der Waals surface area contributed by atoms with Crippen molar-refractivity contribution in [2.75, 3.05) is 20.2 Å². The number of benzene rings is 1. The lowest BCUT2D eigenvalue weighted by Gasteiger charge is -2.27. The molecule has 2 rings (SSSR count). The Bertz CT molecular complexity index is 615. The van der Waals surface area contributed by atoms with E-state index in [-0.39, 0.29) is 13.0 Å². The molecule has 8 heteroatoms. The topological polar surface area (TPSA) is 66.8 Å². The summed E-state index contributed by atoms with van der Waals surface area (Å²) in [5.41, 5.74) is -2.01. The predicted molar refractivity (Wildman–Crippen MR) is 78.6 cm³/mol. The Balaban J connectivity index is 1.97. The average Bonchev–Trinajstić information content (AvgIpc) is 3.00. The molecular formula is C16H18F3NO4. The van der Waals surface area contributed by atoms with Gasteiger partial charge in [-0.05, 0) is 30.5 Å². The van der Waals surface area contributed by atoms with Crippen LogP contribution in [-0.2, 0) is 16.0 Å². The molecule has 1 heterocycles. The highest BCUT2D eigenvalue weighted by molar-refractivity contribution is 5.81. The van der Waals surface area contributed by atoms with Gasteiger partial charge in [-0.1, -0.05) is 12.1 Å². The predicted octanol–water partition coefficient (Wildman–Crippen LogP) is 2.49. The van der Waals surface area contributed by atoms with Crippen molar-refractivity contribution in [2.45, 2.75) is 25.4 Å². The first kappa shape index (κ1) is 18.1. The quantitative estimate of drug-likeness (QED) is 0.890. The number of halogens is 3. The van der Waals surface area contributed by atoms with E-state index in [1.165, 1.54) is 7.11 Å². The lowest BCUT2D eigenvalue weighted by molar-refractivity contribution is -0.227. The summed E-state index contributed by atoms with van der Waals surface area (Å²) in [5.74, 6) is -1.74. The van der Waals surface area contributed by atoms with Gasteiger partial charge >= 0.3 is 12.1 Å². The van der Waals surface area contributed by atoms with Gasteiger partial charge in [-0.3, -0.25) is 9.59 Å². The largest absolute Gasteiger partial charge is 0.497 e. The zero-order valence-corrected chi connectivity index (χ0v) is 13.1. The first-order valence-electron chi connectivity index (χ1n) is 7.40. The highest BCUT2D eigenvalue weighted by atomic mass is 19.4. The number of aliphatic carboxylic acids is 1. The molecule has 1 aromatic rings. The molecule has 5 nitrogen and oxygen atoms in total. The second kappa shape index (κ2) is 6.70. The Morgan fingerprint density at radius 1 is 1.29 bits per heavy atom. The minimum atomic E-state index is -4.89. The molecule has 0 aromatic heterocycles. The zero-order valence-electron chi connectivity index (χ0n) is 13.1. The monoisotopic (exact) mass is 345 g/mol. The third kappa shape index (κ3) is 3.47. The van der Waals surface area contributed by atoms with Crippen LogP contribution < -0.4 is 4.74 Å². The molecule has 0 bridgehead atoms. The van der Waals surface area contributed by atoms with Crippen LogP contribution in [0.5, 0.6) is 5.75 Å². The number of nitrogens with zero attached hydrogens (tertiary/aromatic N) is 1. The number of carboxylic acids is 1. The highest BCUT2D eigenvalue weighted by Crippen LogP contribution is 2.45. The number of amides is 1. The number of aryl methyl sites for hydroxylation is 1. The molecule has 24 heavy (non-hydrogen) atoms. The van der Waals surface area contributed by atoms with Crippen molar-refractivity contribution >= 4 is 11.9 Å². The Morgan fingerprint density at radius 2 is 1.92 bits per heavy atom. The number of rotatable bonds is 5. The molecule has 1 aliphatic rings. The SMILES string of the molecule is COc1ccc(CCC(=O)N2CCC(C(=O)O)(C(F)(F)F)C2)cc1. The van der Waals surface area contributed by atoms with E-state index < -0.39 is 36.4 Å². The summed E-state index contributed by atoms with van der Waals surface area (Å²) in [4.78, 5) is 24.2. The van der Waals surface area contributed by atoms with E-state index >= 15 is 0 Å². The third-order valence-corrected chi connectivity index (χ3v) is 4.36. The van der Waals surface area contributed by atoms with E-state index in [1.807, 2.05) is 0 Å². The van der Waals surface area contributed by atoms with Crippen LogP contribution in [0.2, 0.25) is 0 Å². The summed E-state index contributed by atoms with van der Waals surface area (Å²) in [7, 11) is 1.53.